The zero-order valence-electron chi connectivity index (χ0n) is 18.5. The molecule has 0 saturated carbocycles. The highest BCUT2D eigenvalue weighted by Crippen LogP contribution is 2.18. The molecule has 7 nitrogen and oxygen atoms in total. The lowest BCUT2D eigenvalue weighted by Gasteiger charge is -2.26. The molecule has 0 spiro atoms. The van der Waals surface area contributed by atoms with Crippen LogP contribution in [-0.2, 0) is 14.4 Å². The van der Waals surface area contributed by atoms with Crippen LogP contribution in [0, 0.1) is 0 Å². The van der Waals surface area contributed by atoms with Gasteiger partial charge in [-0.1, -0.05) is 25.7 Å². The molecule has 1 unspecified atom stereocenters. The highest BCUT2D eigenvalue weighted by Gasteiger charge is 2.26. The molecular formula is C24H36N4O3. The van der Waals surface area contributed by atoms with Crippen LogP contribution in [0.15, 0.2) is 24.3 Å². The summed E-state index contributed by atoms with van der Waals surface area (Å²) in [4.78, 5) is 37.8. The summed E-state index contributed by atoms with van der Waals surface area (Å²) in [5.74, 6) is -0.474. The van der Waals surface area contributed by atoms with Crippen molar-refractivity contribution in [3.05, 3.63) is 24.3 Å². The lowest BCUT2D eigenvalue weighted by Crippen LogP contribution is -2.47. The summed E-state index contributed by atoms with van der Waals surface area (Å²) in [7, 11) is 0. The van der Waals surface area contributed by atoms with E-state index in [2.05, 4.69) is 20.9 Å². The first-order valence-corrected chi connectivity index (χ1v) is 11.8. The van der Waals surface area contributed by atoms with E-state index in [4.69, 9.17) is 0 Å². The van der Waals surface area contributed by atoms with E-state index in [0.717, 1.165) is 24.2 Å². The number of hydrogen-bond acceptors (Lipinski definition) is 5. The highest BCUT2D eigenvalue weighted by molar-refractivity contribution is 6.01. The van der Waals surface area contributed by atoms with Crippen molar-refractivity contribution in [1.29, 1.82) is 0 Å². The first-order valence-electron chi connectivity index (χ1n) is 11.8. The van der Waals surface area contributed by atoms with Gasteiger partial charge < -0.3 is 15.5 Å². The zero-order valence-corrected chi connectivity index (χ0v) is 18.5. The van der Waals surface area contributed by atoms with Gasteiger partial charge in [0.1, 0.15) is 6.04 Å². The number of amides is 3. The van der Waals surface area contributed by atoms with Crippen LogP contribution in [0.5, 0.6) is 0 Å². The molecule has 1 aromatic carbocycles. The van der Waals surface area contributed by atoms with Gasteiger partial charge in [-0.3, -0.25) is 19.7 Å². The largest absolute Gasteiger partial charge is 0.374 e. The van der Waals surface area contributed by atoms with Gasteiger partial charge in [-0.05, 0) is 76.0 Å². The Morgan fingerprint density at radius 1 is 0.935 bits per heavy atom. The Balaban J connectivity index is 1.25. The van der Waals surface area contributed by atoms with E-state index in [-0.39, 0.29) is 17.7 Å². The Bertz CT molecular complexity index is 729. The van der Waals surface area contributed by atoms with Crippen LogP contribution in [0.3, 0.4) is 0 Å². The van der Waals surface area contributed by atoms with E-state index < -0.39 is 6.04 Å². The Labute approximate surface area is 185 Å². The SMILES string of the molecule is O=C1CCC(Nc2ccc(NC(=O)CCCCCCCN3CCCCC3)cc2)C(=O)N1. The minimum atomic E-state index is -0.405. The molecule has 3 N–H and O–H groups in total. The van der Waals surface area contributed by atoms with Gasteiger partial charge in [0.05, 0.1) is 0 Å². The highest BCUT2D eigenvalue weighted by atomic mass is 16.2. The number of piperidine rings is 2. The minimum absolute atomic E-state index is 0.0409. The van der Waals surface area contributed by atoms with E-state index in [1.807, 2.05) is 24.3 Å². The normalized spacial score (nSPS) is 19.7. The van der Waals surface area contributed by atoms with E-state index >= 15 is 0 Å². The number of rotatable bonds is 11. The van der Waals surface area contributed by atoms with Gasteiger partial charge >= 0.3 is 0 Å². The predicted molar refractivity (Wildman–Crippen MR) is 123 cm³/mol. The molecule has 2 fully saturated rings. The van der Waals surface area contributed by atoms with Crippen molar-refractivity contribution in [3.63, 3.8) is 0 Å². The third-order valence-corrected chi connectivity index (χ3v) is 6.08. The van der Waals surface area contributed by atoms with Crippen LogP contribution in [0.2, 0.25) is 0 Å². The fourth-order valence-corrected chi connectivity index (χ4v) is 4.24. The predicted octanol–water partition coefficient (Wildman–Crippen LogP) is 3.67. The van der Waals surface area contributed by atoms with Crippen LogP contribution >= 0.6 is 0 Å². The third-order valence-electron chi connectivity index (χ3n) is 6.08. The van der Waals surface area contributed by atoms with E-state index in [1.54, 1.807) is 0 Å². The van der Waals surface area contributed by atoms with Crippen molar-refractivity contribution in [2.45, 2.75) is 76.7 Å². The van der Waals surface area contributed by atoms with Crippen LogP contribution in [0.4, 0.5) is 11.4 Å². The lowest BCUT2D eigenvalue weighted by atomic mass is 10.1. The number of hydrogen-bond donors (Lipinski definition) is 3. The number of nitrogens with one attached hydrogen (secondary N) is 3. The molecule has 1 aromatic rings. The number of carbonyl (C=O) groups excluding carboxylic acids is 3. The molecule has 2 heterocycles. The fourth-order valence-electron chi connectivity index (χ4n) is 4.24. The van der Waals surface area contributed by atoms with Gasteiger partial charge in [0.2, 0.25) is 17.7 Å². The molecule has 0 radical (unpaired) electrons. The van der Waals surface area contributed by atoms with Gasteiger partial charge in [0.25, 0.3) is 0 Å². The van der Waals surface area contributed by atoms with Crippen LogP contribution in [-0.4, -0.2) is 48.3 Å². The Kier molecular flexibility index (Phi) is 9.34. The molecule has 7 heteroatoms. The summed E-state index contributed by atoms with van der Waals surface area (Å²) in [6.45, 7) is 3.77. The van der Waals surface area contributed by atoms with E-state index in [1.165, 1.54) is 58.2 Å². The molecule has 2 aliphatic rings. The molecule has 170 valence electrons. The summed E-state index contributed by atoms with van der Waals surface area (Å²) in [5.41, 5.74) is 1.54. The van der Waals surface area contributed by atoms with Crippen molar-refractivity contribution in [2.75, 3.05) is 30.3 Å². The number of nitrogens with zero attached hydrogens (tertiary/aromatic N) is 1. The summed E-state index contributed by atoms with van der Waals surface area (Å²) in [6.07, 6.45) is 11.2. The van der Waals surface area contributed by atoms with Gasteiger partial charge in [-0.25, -0.2) is 0 Å². The van der Waals surface area contributed by atoms with Crippen molar-refractivity contribution < 1.29 is 14.4 Å². The van der Waals surface area contributed by atoms with Crippen molar-refractivity contribution in [2.24, 2.45) is 0 Å². The van der Waals surface area contributed by atoms with Gasteiger partial charge in [-0.2, -0.15) is 0 Å². The van der Waals surface area contributed by atoms with Crippen molar-refractivity contribution in [3.8, 4) is 0 Å². The monoisotopic (exact) mass is 428 g/mol. The number of benzene rings is 1. The summed E-state index contributed by atoms with van der Waals surface area (Å²) in [6, 6.07) is 6.92. The van der Waals surface area contributed by atoms with Gasteiger partial charge in [0, 0.05) is 24.2 Å². The first kappa shape index (κ1) is 23.3. The minimum Gasteiger partial charge on any atom is -0.374 e. The van der Waals surface area contributed by atoms with E-state index in [0.29, 0.717) is 19.3 Å². The Morgan fingerprint density at radius 2 is 1.61 bits per heavy atom. The number of anilines is 2. The Hall–Kier alpha value is -2.41. The molecule has 31 heavy (non-hydrogen) atoms. The smallest absolute Gasteiger partial charge is 0.249 e. The third kappa shape index (κ3) is 8.32. The van der Waals surface area contributed by atoms with Crippen molar-refractivity contribution in [1.82, 2.24) is 10.2 Å². The molecule has 0 bridgehead atoms. The average molecular weight is 429 g/mol. The van der Waals surface area contributed by atoms with Crippen LogP contribution in [0.25, 0.3) is 0 Å². The molecule has 0 aromatic heterocycles. The number of unbranched alkanes of at least 4 members (excludes halogenated alkanes) is 4. The molecular weight excluding hydrogens is 392 g/mol. The second kappa shape index (κ2) is 12.4. The summed E-state index contributed by atoms with van der Waals surface area (Å²) < 4.78 is 0. The van der Waals surface area contributed by atoms with Gasteiger partial charge in [-0.15, -0.1) is 0 Å². The second-order valence-corrected chi connectivity index (χ2v) is 8.69. The second-order valence-electron chi connectivity index (χ2n) is 8.69. The van der Waals surface area contributed by atoms with Gasteiger partial charge in [0.15, 0.2) is 0 Å². The summed E-state index contributed by atoms with van der Waals surface area (Å²) >= 11 is 0. The molecule has 0 aliphatic carbocycles. The first-order chi connectivity index (χ1) is 15.1. The fraction of sp³-hybridized carbons (Fsp3) is 0.625. The summed E-state index contributed by atoms with van der Waals surface area (Å²) in [5, 5.41) is 8.40. The molecule has 3 rings (SSSR count). The van der Waals surface area contributed by atoms with Crippen LogP contribution in [0.1, 0.15) is 70.6 Å². The topological polar surface area (TPSA) is 90.5 Å². The Morgan fingerprint density at radius 3 is 2.35 bits per heavy atom. The lowest BCUT2D eigenvalue weighted by molar-refractivity contribution is -0.133. The maximum Gasteiger partial charge on any atom is 0.249 e. The quantitative estimate of drug-likeness (QED) is 0.370. The zero-order chi connectivity index (χ0) is 21.9. The van der Waals surface area contributed by atoms with Crippen LogP contribution < -0.4 is 16.0 Å². The van der Waals surface area contributed by atoms with E-state index in [9.17, 15) is 14.4 Å². The maximum absolute atomic E-state index is 12.2. The number of carbonyl (C=O) groups is 3. The number of imide groups is 1. The maximum atomic E-state index is 12.2. The molecule has 3 amide bonds. The molecule has 2 saturated heterocycles. The average Bonchev–Trinajstić information content (AvgIpc) is 2.77. The molecule has 2 aliphatic heterocycles. The number of likely N-dealkylation sites (tertiary alicyclic amines) is 1. The molecule has 1 atom stereocenters. The van der Waals surface area contributed by atoms with Crippen molar-refractivity contribution >= 4 is 29.1 Å². The standard InChI is InChI=1S/C24H36N4O3/c29-22(9-5-2-1-3-6-16-28-17-7-4-8-18-28)26-20-12-10-19(11-13-20)25-21-14-15-23(30)27-24(21)31/h10-13,21,25H,1-9,14-18H2,(H,26,29)(H,27,30,31).